The quantitative estimate of drug-likeness (QED) is 0.706. The van der Waals surface area contributed by atoms with Gasteiger partial charge in [0.05, 0.1) is 13.2 Å². The molecule has 0 saturated carbocycles. The molecular formula is C20H21N5O2S. The van der Waals surface area contributed by atoms with Crippen molar-refractivity contribution in [3.63, 3.8) is 0 Å². The number of hydrogen-bond donors (Lipinski definition) is 2. The lowest BCUT2D eigenvalue weighted by molar-refractivity contribution is -0.116. The Balaban J connectivity index is 1.64. The minimum atomic E-state index is -0.411. The second-order valence-electron chi connectivity index (χ2n) is 6.64. The molecule has 2 N–H and O–H groups in total. The highest BCUT2D eigenvalue weighted by Gasteiger charge is 2.37. The summed E-state index contributed by atoms with van der Waals surface area (Å²) in [6, 6.07) is 15.2. The lowest BCUT2D eigenvalue weighted by Gasteiger charge is -2.32. The third-order valence-electron chi connectivity index (χ3n) is 4.65. The highest BCUT2D eigenvalue weighted by Crippen LogP contribution is 2.37. The maximum Gasteiger partial charge on any atom is 0.240 e. The van der Waals surface area contributed by atoms with Gasteiger partial charge in [0.25, 0.3) is 0 Å². The molecule has 1 amide bonds. The molecule has 1 aliphatic rings. The first-order valence-electron chi connectivity index (χ1n) is 8.92. The Morgan fingerprint density at radius 3 is 2.50 bits per heavy atom. The van der Waals surface area contributed by atoms with E-state index in [1.54, 1.807) is 7.11 Å². The Morgan fingerprint density at radius 1 is 1.11 bits per heavy atom. The van der Waals surface area contributed by atoms with Crippen LogP contribution in [-0.2, 0) is 4.79 Å². The molecule has 1 aromatic heterocycles. The summed E-state index contributed by atoms with van der Waals surface area (Å²) in [5.41, 5.74) is 6.29. The number of ether oxygens (including phenoxy) is 1. The number of carbonyl (C=O) groups is 1. The predicted octanol–water partition coefficient (Wildman–Crippen LogP) is 3.30. The van der Waals surface area contributed by atoms with Crippen LogP contribution in [0.25, 0.3) is 0 Å². The summed E-state index contributed by atoms with van der Waals surface area (Å²) in [4.78, 5) is 13.1. The van der Waals surface area contributed by atoms with Crippen molar-refractivity contribution < 1.29 is 9.53 Å². The van der Waals surface area contributed by atoms with Crippen molar-refractivity contribution in [1.29, 1.82) is 0 Å². The number of anilines is 1. The molecule has 2 atom stereocenters. The number of aromatic nitrogens is 3. The number of carbonyl (C=O) groups excluding carboxylic acids is 1. The lowest BCUT2D eigenvalue weighted by Crippen LogP contribution is -2.41. The van der Waals surface area contributed by atoms with Gasteiger partial charge in [0.15, 0.2) is 0 Å². The molecule has 2 heterocycles. The largest absolute Gasteiger partial charge is 0.497 e. The molecule has 0 radical (unpaired) electrons. The molecule has 2 aromatic carbocycles. The molecule has 8 heteroatoms. The van der Waals surface area contributed by atoms with Gasteiger partial charge in [-0.1, -0.05) is 41.6 Å². The van der Waals surface area contributed by atoms with E-state index in [0.29, 0.717) is 5.16 Å². The molecule has 144 valence electrons. The average Bonchev–Trinajstić information content (AvgIpc) is 3.09. The molecule has 3 aromatic rings. The average molecular weight is 395 g/mol. The number of fused-ring (bicyclic) bond motifs is 1. The third-order valence-corrected chi connectivity index (χ3v) is 5.87. The fraction of sp³-hybridized carbons (Fsp3) is 0.250. The molecule has 28 heavy (non-hydrogen) atoms. The number of benzene rings is 2. The Kier molecular flexibility index (Phi) is 4.95. The van der Waals surface area contributed by atoms with E-state index in [4.69, 9.17) is 4.74 Å². The van der Waals surface area contributed by atoms with Gasteiger partial charge in [-0.25, -0.2) is 4.68 Å². The van der Waals surface area contributed by atoms with Gasteiger partial charge in [0.2, 0.25) is 11.1 Å². The Morgan fingerprint density at radius 2 is 1.82 bits per heavy atom. The van der Waals surface area contributed by atoms with Crippen LogP contribution in [0.1, 0.15) is 23.0 Å². The van der Waals surface area contributed by atoms with Gasteiger partial charge in [-0.15, -0.1) is 10.2 Å². The minimum absolute atomic E-state index is 0.0888. The van der Waals surface area contributed by atoms with Gasteiger partial charge in [0.1, 0.15) is 16.8 Å². The summed E-state index contributed by atoms with van der Waals surface area (Å²) < 4.78 is 7.08. The van der Waals surface area contributed by atoms with Gasteiger partial charge in [-0.05, 0) is 43.7 Å². The van der Waals surface area contributed by atoms with Crippen LogP contribution in [0, 0.1) is 13.8 Å². The van der Waals surface area contributed by atoms with E-state index in [1.165, 1.54) is 11.8 Å². The van der Waals surface area contributed by atoms with Crippen molar-refractivity contribution in [3.05, 3.63) is 65.5 Å². The summed E-state index contributed by atoms with van der Waals surface area (Å²) in [5.74, 6) is 1.43. The summed E-state index contributed by atoms with van der Waals surface area (Å²) in [6.07, 6.45) is 0. The number of nitrogens with one attached hydrogen (secondary N) is 2. The van der Waals surface area contributed by atoms with Crippen molar-refractivity contribution in [3.8, 4) is 5.75 Å². The highest BCUT2D eigenvalue weighted by atomic mass is 32.2. The monoisotopic (exact) mass is 395 g/mol. The summed E-state index contributed by atoms with van der Waals surface area (Å²) in [7, 11) is 1.63. The van der Waals surface area contributed by atoms with E-state index in [9.17, 15) is 4.79 Å². The first-order valence-corrected chi connectivity index (χ1v) is 9.80. The number of amides is 1. The van der Waals surface area contributed by atoms with Gasteiger partial charge in [0, 0.05) is 5.69 Å². The molecule has 7 nitrogen and oxygen atoms in total. The Labute approximate surface area is 167 Å². The second kappa shape index (κ2) is 7.55. The smallest absolute Gasteiger partial charge is 0.240 e. The van der Waals surface area contributed by atoms with Crippen LogP contribution in [0.15, 0.2) is 53.7 Å². The minimum Gasteiger partial charge on any atom is -0.497 e. The Hall–Kier alpha value is -3.00. The zero-order valence-electron chi connectivity index (χ0n) is 15.8. The van der Waals surface area contributed by atoms with Gasteiger partial charge in [-0.2, -0.15) is 0 Å². The van der Waals surface area contributed by atoms with Crippen molar-refractivity contribution >= 4 is 23.4 Å². The molecule has 0 saturated heterocycles. The van der Waals surface area contributed by atoms with E-state index in [2.05, 4.69) is 20.9 Å². The van der Waals surface area contributed by atoms with Crippen LogP contribution in [-0.4, -0.2) is 33.1 Å². The van der Waals surface area contributed by atoms with Crippen molar-refractivity contribution in [2.24, 2.45) is 0 Å². The van der Waals surface area contributed by atoms with Gasteiger partial charge in [-0.3, -0.25) is 4.79 Å². The van der Waals surface area contributed by atoms with Crippen LogP contribution in [0.5, 0.6) is 5.75 Å². The molecule has 1 aliphatic heterocycles. The number of aryl methyl sites for hydroxylation is 2. The molecule has 0 fully saturated rings. The number of thioether (sulfide) groups is 1. The number of nitrogens with zero attached hydrogens (tertiary/aromatic N) is 3. The normalized spacial score (nSPS) is 18.1. The SMILES string of the molecule is COc1ccc([C@H]2Nn3c(C)nnc3S[C@@H]2C(=O)Nc2ccc(C)cc2)cc1. The fourth-order valence-corrected chi connectivity index (χ4v) is 4.20. The molecular weight excluding hydrogens is 374 g/mol. The summed E-state index contributed by atoms with van der Waals surface area (Å²) in [5, 5.41) is 11.6. The summed E-state index contributed by atoms with van der Waals surface area (Å²) >= 11 is 1.40. The lowest BCUT2D eigenvalue weighted by atomic mass is 10.0. The summed E-state index contributed by atoms with van der Waals surface area (Å²) in [6.45, 7) is 3.89. The molecule has 4 rings (SSSR count). The predicted molar refractivity (Wildman–Crippen MR) is 109 cm³/mol. The van der Waals surface area contributed by atoms with Crippen molar-refractivity contribution in [2.45, 2.75) is 30.3 Å². The van der Waals surface area contributed by atoms with Crippen LogP contribution in [0.2, 0.25) is 0 Å². The fourth-order valence-electron chi connectivity index (χ4n) is 3.07. The molecule has 0 bridgehead atoms. The van der Waals surface area contributed by atoms with Crippen LogP contribution >= 0.6 is 11.8 Å². The highest BCUT2D eigenvalue weighted by molar-refractivity contribution is 8.00. The van der Waals surface area contributed by atoms with Crippen LogP contribution < -0.4 is 15.5 Å². The van der Waals surface area contributed by atoms with E-state index < -0.39 is 5.25 Å². The van der Waals surface area contributed by atoms with Crippen molar-refractivity contribution in [2.75, 3.05) is 17.9 Å². The second-order valence-corrected chi connectivity index (χ2v) is 7.75. The number of methoxy groups -OCH3 is 1. The number of rotatable bonds is 4. The standard InChI is InChI=1S/C20H21N5O2S/c1-12-4-8-15(9-5-12)21-19(26)18-17(14-6-10-16(27-3)11-7-14)24-25-13(2)22-23-20(25)28-18/h4-11,17-18,24H,1-3H3,(H,21,26)/t17-,18+/m1/s1. The van der Waals surface area contributed by atoms with Gasteiger partial charge >= 0.3 is 0 Å². The van der Waals surface area contributed by atoms with E-state index in [-0.39, 0.29) is 11.9 Å². The van der Waals surface area contributed by atoms with Gasteiger partial charge < -0.3 is 15.5 Å². The van der Waals surface area contributed by atoms with E-state index in [0.717, 1.165) is 28.4 Å². The molecule has 0 unspecified atom stereocenters. The molecule has 0 aliphatic carbocycles. The van der Waals surface area contributed by atoms with Crippen molar-refractivity contribution in [1.82, 2.24) is 14.9 Å². The number of hydrogen-bond acceptors (Lipinski definition) is 6. The Bertz CT molecular complexity index is 985. The maximum absolute atomic E-state index is 13.1. The first-order chi connectivity index (χ1) is 13.5. The van der Waals surface area contributed by atoms with E-state index >= 15 is 0 Å². The van der Waals surface area contributed by atoms with Crippen LogP contribution in [0.3, 0.4) is 0 Å². The zero-order chi connectivity index (χ0) is 19.7. The third kappa shape index (κ3) is 3.55. The van der Waals surface area contributed by atoms with E-state index in [1.807, 2.05) is 67.1 Å². The zero-order valence-corrected chi connectivity index (χ0v) is 16.7. The molecule has 0 spiro atoms. The first kappa shape index (κ1) is 18.4. The topological polar surface area (TPSA) is 81.1 Å². The van der Waals surface area contributed by atoms with Crippen LogP contribution in [0.4, 0.5) is 5.69 Å². The maximum atomic E-state index is 13.1.